The van der Waals surface area contributed by atoms with E-state index < -0.39 is 5.91 Å². The predicted molar refractivity (Wildman–Crippen MR) is 94.0 cm³/mol. The van der Waals surface area contributed by atoms with E-state index in [1.807, 2.05) is 51.1 Å². The number of hydrogen-bond donors (Lipinski definition) is 1. The van der Waals surface area contributed by atoms with Crippen LogP contribution in [-0.2, 0) is 6.54 Å². The highest BCUT2D eigenvalue weighted by molar-refractivity contribution is 5.97. The summed E-state index contributed by atoms with van der Waals surface area (Å²) in [7, 11) is 0. The lowest BCUT2D eigenvalue weighted by atomic mass is 10.1. The van der Waals surface area contributed by atoms with Crippen LogP contribution in [0.1, 0.15) is 28.4 Å². The molecule has 1 amide bonds. The van der Waals surface area contributed by atoms with Crippen molar-refractivity contribution in [2.75, 3.05) is 0 Å². The highest BCUT2D eigenvalue weighted by atomic mass is 16.3. The molecule has 0 atom stereocenters. The fraction of sp³-hybridized carbons (Fsp3) is 0.211. The van der Waals surface area contributed by atoms with Crippen molar-refractivity contribution in [3.8, 4) is 5.88 Å². The van der Waals surface area contributed by atoms with Gasteiger partial charge >= 0.3 is 0 Å². The van der Waals surface area contributed by atoms with Crippen LogP contribution in [0.25, 0.3) is 10.9 Å². The van der Waals surface area contributed by atoms with E-state index in [0.717, 1.165) is 22.0 Å². The van der Waals surface area contributed by atoms with Crippen LogP contribution in [0.2, 0.25) is 0 Å². The molecule has 0 unspecified atom stereocenters. The van der Waals surface area contributed by atoms with Crippen molar-refractivity contribution in [3.63, 3.8) is 0 Å². The molecular formula is C19H19N3O2. The topological polar surface area (TPSA) is 66.9 Å². The summed E-state index contributed by atoms with van der Waals surface area (Å²) in [5.74, 6) is -0.405. The van der Waals surface area contributed by atoms with Crippen LogP contribution in [-0.4, -0.2) is 15.6 Å². The number of aryl methyl sites for hydroxylation is 3. The van der Waals surface area contributed by atoms with E-state index in [2.05, 4.69) is 10.2 Å². The molecule has 0 saturated heterocycles. The van der Waals surface area contributed by atoms with Crippen LogP contribution in [0.3, 0.4) is 0 Å². The average molecular weight is 321 g/mol. The third kappa shape index (κ3) is 2.80. The summed E-state index contributed by atoms with van der Waals surface area (Å²) in [6.07, 6.45) is 0. The molecule has 2 aromatic carbocycles. The van der Waals surface area contributed by atoms with Crippen molar-refractivity contribution in [3.05, 3.63) is 59.2 Å². The number of benzene rings is 2. The molecule has 0 aliphatic rings. The molecule has 0 spiro atoms. The first kappa shape index (κ1) is 15.9. The van der Waals surface area contributed by atoms with E-state index in [4.69, 9.17) is 0 Å². The van der Waals surface area contributed by atoms with Gasteiger partial charge in [-0.05, 0) is 45.0 Å². The van der Waals surface area contributed by atoms with Gasteiger partial charge in [-0.25, -0.2) is 0 Å². The second kappa shape index (κ2) is 6.28. The molecule has 3 rings (SSSR count). The highest BCUT2D eigenvalue weighted by Gasteiger charge is 2.16. The van der Waals surface area contributed by atoms with Gasteiger partial charge in [0.25, 0.3) is 5.91 Å². The molecule has 5 heteroatoms. The van der Waals surface area contributed by atoms with Gasteiger partial charge in [0.05, 0.1) is 5.52 Å². The number of nitrogens with zero attached hydrogens (tertiary/aromatic N) is 3. The van der Waals surface area contributed by atoms with Gasteiger partial charge in [0.2, 0.25) is 5.88 Å². The van der Waals surface area contributed by atoms with Gasteiger partial charge in [-0.3, -0.25) is 4.79 Å². The maximum absolute atomic E-state index is 12.2. The number of amides is 1. The Morgan fingerprint density at radius 1 is 1.08 bits per heavy atom. The second-order valence-corrected chi connectivity index (χ2v) is 5.81. The first-order chi connectivity index (χ1) is 11.5. The van der Waals surface area contributed by atoms with Crippen LogP contribution < -0.4 is 0 Å². The molecule has 1 N–H and O–H groups in total. The summed E-state index contributed by atoms with van der Waals surface area (Å²) in [6.45, 7) is 6.47. The standard InChI is InChI=1S/C19H19N3O2/c1-4-22-16-10-7-13(3)11-15(16)17(19(22)24)20-21-18(23)14-8-5-12(2)6-9-14/h5-11,24H,4H2,1-3H3. The zero-order chi connectivity index (χ0) is 17.3. The van der Waals surface area contributed by atoms with Crippen LogP contribution in [0.4, 0.5) is 5.69 Å². The van der Waals surface area contributed by atoms with E-state index in [1.165, 1.54) is 0 Å². The third-order valence-corrected chi connectivity index (χ3v) is 4.02. The summed E-state index contributed by atoms with van der Waals surface area (Å²) in [6, 6.07) is 13.0. The van der Waals surface area contributed by atoms with Crippen LogP contribution >= 0.6 is 0 Å². The summed E-state index contributed by atoms with van der Waals surface area (Å²) in [4.78, 5) is 12.2. The molecule has 24 heavy (non-hydrogen) atoms. The largest absolute Gasteiger partial charge is 0.493 e. The van der Waals surface area contributed by atoms with Gasteiger partial charge in [-0.1, -0.05) is 29.3 Å². The van der Waals surface area contributed by atoms with Crippen molar-refractivity contribution in [1.29, 1.82) is 0 Å². The lowest BCUT2D eigenvalue weighted by Gasteiger charge is -2.01. The molecule has 122 valence electrons. The second-order valence-electron chi connectivity index (χ2n) is 5.81. The van der Waals surface area contributed by atoms with E-state index in [9.17, 15) is 9.90 Å². The van der Waals surface area contributed by atoms with Gasteiger partial charge in [0, 0.05) is 17.5 Å². The van der Waals surface area contributed by atoms with Crippen LogP contribution in [0.5, 0.6) is 5.88 Å². The minimum absolute atomic E-state index is 0.0264. The highest BCUT2D eigenvalue weighted by Crippen LogP contribution is 2.39. The van der Waals surface area contributed by atoms with Crippen LogP contribution in [0, 0.1) is 13.8 Å². The van der Waals surface area contributed by atoms with Gasteiger partial charge in [-0.2, -0.15) is 0 Å². The van der Waals surface area contributed by atoms with Crippen molar-refractivity contribution in [1.82, 2.24) is 4.57 Å². The number of carbonyl (C=O) groups is 1. The van der Waals surface area contributed by atoms with E-state index in [1.54, 1.807) is 16.7 Å². The van der Waals surface area contributed by atoms with Crippen molar-refractivity contribution < 1.29 is 9.90 Å². The number of carbonyl (C=O) groups excluding carboxylic acids is 1. The molecule has 0 saturated carbocycles. The normalized spacial score (nSPS) is 11.5. The lowest BCUT2D eigenvalue weighted by Crippen LogP contribution is -1.93. The number of hydrogen-bond acceptors (Lipinski definition) is 3. The van der Waals surface area contributed by atoms with Gasteiger partial charge in [0.15, 0.2) is 5.69 Å². The summed E-state index contributed by atoms with van der Waals surface area (Å²) in [5.41, 5.74) is 3.80. The first-order valence-electron chi connectivity index (χ1n) is 7.85. The van der Waals surface area contributed by atoms with Crippen LogP contribution in [0.15, 0.2) is 52.7 Å². The maximum Gasteiger partial charge on any atom is 0.295 e. The zero-order valence-electron chi connectivity index (χ0n) is 13.9. The summed E-state index contributed by atoms with van der Waals surface area (Å²) >= 11 is 0. The minimum atomic E-state index is -0.431. The molecule has 5 nitrogen and oxygen atoms in total. The zero-order valence-corrected chi connectivity index (χ0v) is 13.9. The SMILES string of the molecule is CCn1c(O)c(N=NC(=O)c2ccc(C)cc2)c2cc(C)ccc21. The number of azo groups is 1. The number of rotatable bonds is 3. The van der Waals surface area contributed by atoms with Gasteiger partial charge in [-0.15, -0.1) is 10.2 Å². The molecule has 3 aromatic rings. The molecule has 0 radical (unpaired) electrons. The van der Waals surface area contributed by atoms with Gasteiger partial charge < -0.3 is 9.67 Å². The molecule has 1 heterocycles. The average Bonchev–Trinajstić information content (AvgIpc) is 2.83. The van der Waals surface area contributed by atoms with Crippen molar-refractivity contribution in [2.45, 2.75) is 27.3 Å². The molecule has 0 aliphatic heterocycles. The molecule has 0 bridgehead atoms. The molecule has 0 fully saturated rings. The summed E-state index contributed by atoms with van der Waals surface area (Å²) in [5, 5.41) is 19.1. The Morgan fingerprint density at radius 2 is 1.75 bits per heavy atom. The van der Waals surface area contributed by atoms with Crippen molar-refractivity contribution in [2.24, 2.45) is 10.2 Å². The van der Waals surface area contributed by atoms with Crippen molar-refractivity contribution >= 4 is 22.5 Å². The number of aromatic nitrogens is 1. The minimum Gasteiger partial charge on any atom is -0.493 e. The Labute approximate surface area is 140 Å². The molecular weight excluding hydrogens is 302 g/mol. The first-order valence-corrected chi connectivity index (χ1v) is 7.85. The Balaban J connectivity index is 2.03. The quantitative estimate of drug-likeness (QED) is 0.697. The maximum atomic E-state index is 12.2. The summed E-state index contributed by atoms with van der Waals surface area (Å²) < 4.78 is 1.75. The number of aromatic hydroxyl groups is 1. The Morgan fingerprint density at radius 3 is 2.42 bits per heavy atom. The smallest absolute Gasteiger partial charge is 0.295 e. The van der Waals surface area contributed by atoms with Gasteiger partial charge in [0.1, 0.15) is 0 Å². The predicted octanol–water partition coefficient (Wildman–Crippen LogP) is 4.91. The lowest BCUT2D eigenvalue weighted by molar-refractivity contribution is 0.0995. The van der Waals surface area contributed by atoms with E-state index >= 15 is 0 Å². The fourth-order valence-corrected chi connectivity index (χ4v) is 2.71. The van der Waals surface area contributed by atoms with E-state index in [0.29, 0.717) is 17.8 Å². The monoisotopic (exact) mass is 321 g/mol. The Bertz CT molecular complexity index is 937. The third-order valence-electron chi connectivity index (χ3n) is 4.02. The molecule has 1 aromatic heterocycles. The molecule has 0 aliphatic carbocycles. The Hall–Kier alpha value is -2.95. The fourth-order valence-electron chi connectivity index (χ4n) is 2.71. The Kier molecular flexibility index (Phi) is 4.16. The van der Waals surface area contributed by atoms with E-state index in [-0.39, 0.29) is 5.88 Å². The number of fused-ring (bicyclic) bond motifs is 1.